The van der Waals surface area contributed by atoms with Crippen LogP contribution in [0.4, 0.5) is 0 Å². The molecular formula is C25H42O9S4. The summed E-state index contributed by atoms with van der Waals surface area (Å²) in [4.78, 5) is 69.7. The van der Waals surface area contributed by atoms with Gasteiger partial charge in [0.25, 0.3) is 0 Å². The third-order valence-corrected chi connectivity index (χ3v) is 7.18. The number of ketones is 4. The normalized spacial score (nSPS) is 18.3. The van der Waals surface area contributed by atoms with Crippen molar-refractivity contribution < 1.29 is 44.0 Å². The number of carbonyl (C=O) groups excluding carboxylic acids is 5. The third-order valence-electron chi connectivity index (χ3n) is 6.45. The van der Waals surface area contributed by atoms with E-state index in [1.807, 2.05) is 0 Å². The van der Waals surface area contributed by atoms with Crippen LogP contribution in [0.3, 0.4) is 0 Å². The van der Waals surface area contributed by atoms with Crippen molar-refractivity contribution in [3.8, 4) is 0 Å². The predicted octanol–water partition coefficient (Wildman–Crippen LogP) is 1.60. The average molecular weight is 615 g/mol. The molecule has 3 N–H and O–H groups in total. The van der Waals surface area contributed by atoms with Crippen molar-refractivity contribution in [2.45, 2.75) is 81.3 Å². The Morgan fingerprint density at radius 2 is 0.921 bits per heavy atom. The highest BCUT2D eigenvalue weighted by Crippen LogP contribution is 2.48. The molecule has 0 aromatic rings. The minimum absolute atomic E-state index is 0.345. The van der Waals surface area contributed by atoms with Crippen LogP contribution >= 0.6 is 50.5 Å². The molecule has 0 spiro atoms. The van der Waals surface area contributed by atoms with Crippen LogP contribution in [0, 0.1) is 16.2 Å². The summed E-state index contributed by atoms with van der Waals surface area (Å²) in [6.45, 7) is 4.17. The van der Waals surface area contributed by atoms with Gasteiger partial charge in [-0.1, -0.05) is 27.7 Å². The molecule has 9 nitrogen and oxygen atoms in total. The molecule has 0 fully saturated rings. The molecule has 0 aliphatic carbocycles. The van der Waals surface area contributed by atoms with Crippen molar-refractivity contribution >= 4 is 79.6 Å². The van der Waals surface area contributed by atoms with E-state index in [1.165, 1.54) is 0 Å². The number of Topliss-reactive ketones (excluding diaryl/α,β-unsaturated/α-hetero) is 4. The van der Waals surface area contributed by atoms with Gasteiger partial charge in [-0.3, -0.25) is 24.0 Å². The maximum absolute atomic E-state index is 14.0. The number of rotatable bonds is 19. The smallest absolute Gasteiger partial charge is 0.328 e. The number of hydrogen-bond donors (Lipinski definition) is 7. The van der Waals surface area contributed by atoms with Gasteiger partial charge in [-0.05, 0) is 6.92 Å². The Hall–Kier alpha value is -0.570. The molecule has 220 valence electrons. The van der Waals surface area contributed by atoms with E-state index >= 15 is 0 Å². The van der Waals surface area contributed by atoms with Gasteiger partial charge in [-0.2, -0.15) is 50.5 Å². The van der Waals surface area contributed by atoms with Crippen LogP contribution in [0.15, 0.2) is 0 Å². The van der Waals surface area contributed by atoms with Gasteiger partial charge in [-0.15, -0.1) is 0 Å². The summed E-state index contributed by atoms with van der Waals surface area (Å²) >= 11 is 17.0. The number of carbonyl (C=O) groups is 5. The number of esters is 1. The van der Waals surface area contributed by atoms with E-state index in [1.54, 1.807) is 27.7 Å². The summed E-state index contributed by atoms with van der Waals surface area (Å²) < 4.78 is 5.35. The molecule has 0 rings (SSSR count). The van der Waals surface area contributed by atoms with Crippen molar-refractivity contribution in [2.24, 2.45) is 16.2 Å². The van der Waals surface area contributed by atoms with Crippen molar-refractivity contribution in [3.63, 3.8) is 0 Å². The Bertz CT molecular complexity index is 800. The van der Waals surface area contributed by atoms with Crippen molar-refractivity contribution in [1.82, 2.24) is 0 Å². The van der Waals surface area contributed by atoms with E-state index in [2.05, 4.69) is 50.5 Å². The Labute approximate surface area is 246 Å². The molecule has 0 saturated heterocycles. The number of ether oxygens (including phenoxy) is 1. The summed E-state index contributed by atoms with van der Waals surface area (Å²) in [5.41, 5.74) is -7.13. The SMILES string of the molecule is CC(S)CC(=O)C(C)(C(=O)CC(C)S)C(C(=O)CC(C)S)(C(=O)CC(C)S)C(=O)OCC(CO)(CO)CO. The van der Waals surface area contributed by atoms with E-state index in [0.29, 0.717) is 0 Å². The van der Waals surface area contributed by atoms with Gasteiger partial charge in [-0.25, -0.2) is 0 Å². The lowest BCUT2D eigenvalue weighted by Gasteiger charge is -2.43. The molecular weight excluding hydrogens is 573 g/mol. The fraction of sp³-hybridized carbons (Fsp3) is 0.800. The summed E-state index contributed by atoms with van der Waals surface area (Å²) in [6, 6.07) is 0. The molecule has 0 saturated carbocycles. The number of aliphatic hydroxyl groups is 3. The molecule has 0 aliphatic rings. The first-order chi connectivity index (χ1) is 17.4. The average Bonchev–Trinajstić information content (AvgIpc) is 2.78. The van der Waals surface area contributed by atoms with Gasteiger partial charge in [0.1, 0.15) is 23.6 Å². The van der Waals surface area contributed by atoms with Crippen molar-refractivity contribution in [3.05, 3.63) is 0 Å². The van der Waals surface area contributed by atoms with E-state index in [4.69, 9.17) is 4.74 Å². The summed E-state index contributed by atoms with van der Waals surface area (Å²) in [7, 11) is 0. The molecule has 0 aromatic carbocycles. The molecule has 38 heavy (non-hydrogen) atoms. The van der Waals surface area contributed by atoms with E-state index in [0.717, 1.165) is 6.92 Å². The highest BCUT2D eigenvalue weighted by atomic mass is 32.1. The fourth-order valence-corrected chi connectivity index (χ4v) is 4.78. The molecule has 13 heteroatoms. The second kappa shape index (κ2) is 16.0. The van der Waals surface area contributed by atoms with Gasteiger partial charge in [0, 0.05) is 46.7 Å². The van der Waals surface area contributed by atoms with Crippen LogP contribution in [-0.4, -0.2) is 91.8 Å². The molecule has 0 radical (unpaired) electrons. The standard InChI is InChI=1S/C25H42O9S4/c1-14(35)6-18(29)23(5,19(30)7-15(2)36)25(20(31)8-16(3)37,21(32)9-17(4)38)22(33)34-13-24(10-26,11-27)12-28/h14-17,26-28,35-38H,6-13H2,1-5H3. The maximum atomic E-state index is 14.0. The van der Waals surface area contributed by atoms with Crippen LogP contribution in [-0.2, 0) is 28.7 Å². The van der Waals surface area contributed by atoms with Gasteiger partial charge in [0.15, 0.2) is 11.6 Å². The number of aliphatic hydroxyl groups excluding tert-OH is 3. The molecule has 4 unspecified atom stereocenters. The third kappa shape index (κ3) is 8.71. The Morgan fingerprint density at radius 3 is 1.18 bits per heavy atom. The first-order valence-corrected chi connectivity index (χ1v) is 14.3. The largest absolute Gasteiger partial charge is 0.464 e. The summed E-state index contributed by atoms with van der Waals surface area (Å²) in [5.74, 6) is -5.26. The van der Waals surface area contributed by atoms with Crippen LogP contribution in [0.5, 0.6) is 0 Å². The van der Waals surface area contributed by atoms with Crippen LogP contribution in [0.1, 0.15) is 60.3 Å². The zero-order valence-electron chi connectivity index (χ0n) is 22.5. The maximum Gasteiger partial charge on any atom is 0.328 e. The van der Waals surface area contributed by atoms with Crippen LogP contribution in [0.2, 0.25) is 0 Å². The van der Waals surface area contributed by atoms with Crippen LogP contribution in [0.25, 0.3) is 0 Å². The predicted molar refractivity (Wildman–Crippen MR) is 157 cm³/mol. The summed E-state index contributed by atoms with van der Waals surface area (Å²) in [5, 5.41) is 26.6. The lowest BCUT2D eigenvalue weighted by molar-refractivity contribution is -0.184. The monoisotopic (exact) mass is 614 g/mol. The second-order valence-electron chi connectivity index (χ2n) is 10.3. The van der Waals surface area contributed by atoms with E-state index in [9.17, 15) is 39.3 Å². The lowest BCUT2D eigenvalue weighted by atomic mass is 9.53. The minimum atomic E-state index is -2.92. The minimum Gasteiger partial charge on any atom is -0.464 e. The van der Waals surface area contributed by atoms with Crippen molar-refractivity contribution in [1.29, 1.82) is 0 Å². The fourth-order valence-electron chi connectivity index (χ4n) is 4.12. The van der Waals surface area contributed by atoms with E-state index in [-0.39, 0.29) is 12.8 Å². The quantitative estimate of drug-likeness (QED) is 0.0653. The van der Waals surface area contributed by atoms with Gasteiger partial charge >= 0.3 is 5.97 Å². The van der Waals surface area contributed by atoms with E-state index < -0.39 is 106 Å². The highest BCUT2D eigenvalue weighted by molar-refractivity contribution is 7.81. The molecule has 0 aliphatic heterocycles. The Balaban J connectivity index is 7.59. The first-order valence-electron chi connectivity index (χ1n) is 12.3. The zero-order chi connectivity index (χ0) is 30.1. The zero-order valence-corrected chi connectivity index (χ0v) is 26.1. The van der Waals surface area contributed by atoms with Crippen molar-refractivity contribution in [2.75, 3.05) is 26.4 Å². The molecule has 4 atom stereocenters. The van der Waals surface area contributed by atoms with Gasteiger partial charge < -0.3 is 20.1 Å². The van der Waals surface area contributed by atoms with Gasteiger partial charge in [0.05, 0.1) is 25.2 Å². The first kappa shape index (κ1) is 37.4. The second-order valence-corrected chi connectivity index (χ2v) is 13.9. The molecule has 0 aromatic heterocycles. The molecule has 0 heterocycles. The molecule has 0 bridgehead atoms. The topological polar surface area (TPSA) is 155 Å². The van der Waals surface area contributed by atoms with Gasteiger partial charge in [0.2, 0.25) is 5.41 Å². The Morgan fingerprint density at radius 1 is 0.632 bits per heavy atom. The number of hydrogen-bond acceptors (Lipinski definition) is 13. The number of thiol groups is 4. The summed E-state index contributed by atoms with van der Waals surface area (Å²) in [6.07, 6.45) is -1.61. The Kier molecular flexibility index (Phi) is 15.8. The van der Waals surface area contributed by atoms with Crippen LogP contribution < -0.4 is 0 Å². The highest BCUT2D eigenvalue weighted by Gasteiger charge is 2.70. The molecule has 0 amide bonds. The lowest BCUT2D eigenvalue weighted by Crippen LogP contribution is -2.65.